The average molecular weight is 1720 g/mol. The molecule has 3 heterocycles. The highest BCUT2D eigenvalue weighted by Crippen LogP contribution is 2.38. The first-order chi connectivity index (χ1) is 61.4. The number of methoxy groups -OCH3 is 3. The van der Waals surface area contributed by atoms with Gasteiger partial charge in [-0.3, -0.25) is 28.8 Å². The second kappa shape index (κ2) is 43.6. The molecule has 0 radical (unpaired) electrons. The van der Waals surface area contributed by atoms with E-state index in [4.69, 9.17) is 45.6 Å². The van der Waals surface area contributed by atoms with Crippen LogP contribution in [0, 0.1) is 20.8 Å². The van der Waals surface area contributed by atoms with Crippen molar-refractivity contribution < 1.29 is 71.6 Å². The monoisotopic (exact) mass is 1720 g/mol. The number of likely N-dealkylation sites (N-methyl/N-ethyl adjacent to an activating group) is 3. The van der Waals surface area contributed by atoms with Crippen molar-refractivity contribution in [3.63, 3.8) is 0 Å². The fourth-order valence-electron chi connectivity index (χ4n) is 16.3. The van der Waals surface area contributed by atoms with Gasteiger partial charge in [-0.25, -0.2) is 29.1 Å². The Morgan fingerprint density at radius 2 is 0.583 bits per heavy atom. The van der Waals surface area contributed by atoms with Crippen LogP contribution in [-0.2, 0) is 82.1 Å². The molecule has 9 amide bonds. The van der Waals surface area contributed by atoms with Crippen LogP contribution in [0.25, 0.3) is 32.7 Å². The summed E-state index contributed by atoms with van der Waals surface area (Å²) in [6, 6.07) is 61.1. The summed E-state index contributed by atoms with van der Waals surface area (Å²) in [7, 11) is 9.38. The van der Waals surface area contributed by atoms with Crippen LogP contribution in [0.5, 0.6) is 17.2 Å². The number of rotatable bonds is 39. The largest absolute Gasteiger partial charge is 0.497 e. The van der Waals surface area contributed by atoms with E-state index in [2.05, 4.69) is 15.0 Å². The fraction of sp³-hybridized carbons (Fsp3) is 0.310. The SMILES string of the molecule is COc1ccc2[nH]c(C)c(CC(=O)N(C(=O)OCc3ccccc3)[C@@H](CCCCN)C(=O)N(C)c3ccc(C(c4ccc(N(C)C(=O)[C@H](CCCCN)N(C(=O)Cc5c(C)[nH]c6ccc(OC)cc56)C(=O)OCc5ccccc5)cc4)c4ccc(N(C)C(=O)[C@H](CCCCN)N(C(=O)Cc5c(C)[nH]c6ccc(OC)cc56)C(=O)OCc5ccccc5)cc4)cc3)c2c1. The Hall–Kier alpha value is -13.9. The van der Waals surface area contributed by atoms with Gasteiger partial charge < -0.3 is 75.3 Å². The van der Waals surface area contributed by atoms with Gasteiger partial charge in [-0.05, 0) is 239 Å². The molecule has 127 heavy (non-hydrogen) atoms. The molecule has 9 N–H and O–H groups in total. The maximum Gasteiger partial charge on any atom is 0.417 e. The number of hydrogen-bond acceptors (Lipinski definition) is 18. The van der Waals surface area contributed by atoms with Gasteiger partial charge in [-0.15, -0.1) is 0 Å². The Bertz CT molecular complexity index is 5260. The molecular formula is C100H112N12O15. The average Bonchev–Trinajstić information content (AvgIpc) is 1.50. The molecule has 0 aliphatic carbocycles. The Morgan fingerprint density at radius 3 is 0.819 bits per heavy atom. The first kappa shape index (κ1) is 92.3. The lowest BCUT2D eigenvalue weighted by atomic mass is 9.85. The third kappa shape index (κ3) is 22.3. The summed E-state index contributed by atoms with van der Waals surface area (Å²) in [5.74, 6) is -2.75. The van der Waals surface area contributed by atoms with E-state index in [0.717, 1.165) is 31.2 Å². The lowest BCUT2D eigenvalue weighted by molar-refractivity contribution is -0.137. The summed E-state index contributed by atoms with van der Waals surface area (Å²) in [6.45, 7) is 5.79. The van der Waals surface area contributed by atoms with Crippen molar-refractivity contribution in [3.8, 4) is 17.2 Å². The highest BCUT2D eigenvalue weighted by molar-refractivity contribution is 6.08. The molecule has 12 aromatic rings. The number of nitrogens with one attached hydrogen (secondary N) is 3. The van der Waals surface area contributed by atoms with Gasteiger partial charge in [-0.2, -0.15) is 0 Å². The second-order valence-electron chi connectivity index (χ2n) is 31.7. The number of H-pyrrole nitrogens is 3. The lowest BCUT2D eigenvalue weighted by Crippen LogP contribution is -2.53. The van der Waals surface area contributed by atoms with Crippen LogP contribution in [-0.4, -0.2) is 164 Å². The topological polar surface area (TPSA) is 354 Å². The smallest absolute Gasteiger partial charge is 0.417 e. The molecule has 0 aliphatic rings. The molecule has 27 nitrogen and oxygen atoms in total. The minimum absolute atomic E-state index is 0.0455. The summed E-state index contributed by atoms with van der Waals surface area (Å²) in [5.41, 5.74) is 29.6. The molecule has 3 aromatic heterocycles. The number of amides is 9. The Labute approximate surface area is 739 Å². The number of hydrogen-bond donors (Lipinski definition) is 6. The van der Waals surface area contributed by atoms with Crippen LogP contribution < -0.4 is 46.1 Å². The third-order valence-corrected chi connectivity index (χ3v) is 23.4. The van der Waals surface area contributed by atoms with Crippen molar-refractivity contribution in [2.75, 3.05) is 76.8 Å². The minimum atomic E-state index is -1.37. The van der Waals surface area contributed by atoms with Crippen molar-refractivity contribution in [1.29, 1.82) is 0 Å². The van der Waals surface area contributed by atoms with Crippen molar-refractivity contribution >= 4 is 103 Å². The van der Waals surface area contributed by atoms with E-state index in [9.17, 15) is 14.4 Å². The molecule has 27 heteroatoms. The maximum absolute atomic E-state index is 15.6. The number of carbonyl (C=O) groups is 9. The van der Waals surface area contributed by atoms with Crippen LogP contribution in [0.3, 0.4) is 0 Å². The normalized spacial score (nSPS) is 12.0. The van der Waals surface area contributed by atoms with Crippen molar-refractivity contribution in [3.05, 3.63) is 286 Å². The Balaban J connectivity index is 0.905. The molecule has 9 aromatic carbocycles. The molecule has 3 atom stereocenters. The molecule has 0 fully saturated rings. The number of unbranched alkanes of at least 4 members (excludes halogenated alkanes) is 3. The molecule has 0 spiro atoms. The van der Waals surface area contributed by atoms with E-state index in [1.807, 2.05) is 112 Å². The first-order valence-corrected chi connectivity index (χ1v) is 42.7. The Kier molecular flexibility index (Phi) is 31.7. The summed E-state index contributed by atoms with van der Waals surface area (Å²) >= 11 is 0. The molecule has 12 rings (SSSR count). The Morgan fingerprint density at radius 1 is 0.331 bits per heavy atom. The van der Waals surface area contributed by atoms with Crippen LogP contribution in [0.2, 0.25) is 0 Å². The number of imide groups is 3. The number of aromatic nitrogens is 3. The summed E-state index contributed by atoms with van der Waals surface area (Å²) in [4.78, 5) is 154. The number of aromatic amines is 3. The summed E-state index contributed by atoms with van der Waals surface area (Å²) in [6.07, 6.45) is -1.20. The lowest BCUT2D eigenvalue weighted by Gasteiger charge is -2.32. The number of nitrogens with two attached hydrogens (primary N) is 3. The maximum atomic E-state index is 15.6. The van der Waals surface area contributed by atoms with Crippen LogP contribution >= 0.6 is 0 Å². The van der Waals surface area contributed by atoms with E-state index in [1.165, 1.54) is 14.7 Å². The molecule has 0 bridgehead atoms. The van der Waals surface area contributed by atoms with E-state index in [0.29, 0.717) is 156 Å². The second-order valence-corrected chi connectivity index (χ2v) is 31.7. The van der Waals surface area contributed by atoms with Gasteiger partial charge in [0.1, 0.15) is 55.2 Å². The van der Waals surface area contributed by atoms with E-state index >= 15 is 28.8 Å². The van der Waals surface area contributed by atoms with Crippen molar-refractivity contribution in [2.24, 2.45) is 17.2 Å². The van der Waals surface area contributed by atoms with Gasteiger partial charge in [0.15, 0.2) is 0 Å². The molecule has 662 valence electrons. The van der Waals surface area contributed by atoms with Gasteiger partial charge in [0.05, 0.1) is 40.6 Å². The zero-order chi connectivity index (χ0) is 90.4. The number of carbonyl (C=O) groups excluding carboxylic acids is 9. The molecule has 0 saturated heterocycles. The quantitative estimate of drug-likeness (QED) is 0.0118. The zero-order valence-electron chi connectivity index (χ0n) is 73.4. The molecule has 0 saturated carbocycles. The van der Waals surface area contributed by atoms with Gasteiger partial charge in [0.2, 0.25) is 35.4 Å². The summed E-state index contributed by atoms with van der Waals surface area (Å²) in [5, 5.41) is 2.12. The fourth-order valence-corrected chi connectivity index (χ4v) is 16.3. The van der Waals surface area contributed by atoms with Gasteiger partial charge in [0, 0.05) is 93.9 Å². The predicted octanol–water partition coefficient (Wildman–Crippen LogP) is 15.9. The van der Waals surface area contributed by atoms with Crippen molar-refractivity contribution in [2.45, 2.75) is 142 Å². The van der Waals surface area contributed by atoms with Crippen molar-refractivity contribution in [1.82, 2.24) is 29.7 Å². The summed E-state index contributed by atoms with van der Waals surface area (Å²) < 4.78 is 34.6. The van der Waals surface area contributed by atoms with E-state index in [-0.39, 0.29) is 78.0 Å². The number of anilines is 3. The van der Waals surface area contributed by atoms with Gasteiger partial charge in [-0.1, -0.05) is 127 Å². The minimum Gasteiger partial charge on any atom is -0.497 e. The highest BCUT2D eigenvalue weighted by atomic mass is 16.6. The number of aryl methyl sites for hydroxylation is 3. The molecule has 0 aliphatic heterocycles. The van der Waals surface area contributed by atoms with E-state index < -0.39 is 77.8 Å². The van der Waals surface area contributed by atoms with Crippen LogP contribution in [0.15, 0.2) is 218 Å². The van der Waals surface area contributed by atoms with Crippen LogP contribution in [0.1, 0.15) is 131 Å². The number of nitrogens with zero attached hydrogens (tertiary/aromatic N) is 6. The zero-order valence-corrected chi connectivity index (χ0v) is 73.4. The third-order valence-electron chi connectivity index (χ3n) is 23.4. The van der Waals surface area contributed by atoms with Gasteiger partial charge in [0.25, 0.3) is 0 Å². The number of benzene rings is 9. The van der Waals surface area contributed by atoms with Gasteiger partial charge >= 0.3 is 18.3 Å². The molecule has 0 unspecified atom stereocenters. The molecular weight excluding hydrogens is 1610 g/mol. The standard InChI is InChI=1S/C100H112N12O15/c1-64-79(82-55-76(122-7)46-49-85(82)104-64)58-91(113)110(98(119)125-61-67-25-13-10-14-26-67)88(31-19-22-52-101)95(116)107(4)73-40-34-70(35-41-73)94(71-36-42-74(43-37-71)108(5)96(117)89(32-20-23-53-102)111(99(120)126-62-68-27-15-11-16-28-68)92(114)59-80-65(2)105-86-50-47-77(123-8)56-83(80)86)72-38-44-75(45-39-72)109(6)97(118)90(33-21-24-54-103)112(100(121)127-63-69-29-17-12-18-30-69)93(115)60-81-66(3)106-87-51-48-78(124-9)57-84(81)87/h10-18,25-30,34-51,55-57,88-90,94,104-106H,19-24,31-33,52-54,58-63,101-103H2,1-9H3/t88-,89-,90-/m0/s1. The number of fused-ring (bicyclic) bond motifs is 3. The number of ether oxygens (including phenoxy) is 6. The predicted molar refractivity (Wildman–Crippen MR) is 491 cm³/mol. The highest BCUT2D eigenvalue weighted by Gasteiger charge is 2.42. The first-order valence-electron chi connectivity index (χ1n) is 42.7. The van der Waals surface area contributed by atoms with Crippen LogP contribution in [0.4, 0.5) is 31.4 Å². The van der Waals surface area contributed by atoms with E-state index in [1.54, 1.807) is 170 Å².